The summed E-state index contributed by atoms with van der Waals surface area (Å²) in [5, 5.41) is 13.5. The average molecular weight is 267 g/mol. The van der Waals surface area contributed by atoms with Crippen LogP contribution in [0.25, 0.3) is 0 Å². The normalized spacial score (nSPS) is 18.2. The molecule has 18 heavy (non-hydrogen) atoms. The number of carboxylic acids is 1. The number of thioether (sulfide) groups is 1. The Bertz CT molecular complexity index is 520. The molecule has 2 rings (SSSR count). The van der Waals surface area contributed by atoms with Crippen molar-refractivity contribution in [2.45, 2.75) is 6.04 Å². The Hall–Kier alpha value is -2.09. The Labute approximate surface area is 106 Å². The summed E-state index contributed by atoms with van der Waals surface area (Å²) in [5.74, 6) is -1.35. The summed E-state index contributed by atoms with van der Waals surface area (Å²) in [6, 6.07) is 2.31. The Morgan fingerprint density at radius 1 is 1.56 bits per heavy atom. The number of nitrogens with zero attached hydrogens (tertiary/aromatic N) is 1. The maximum atomic E-state index is 11.8. The molecule has 1 aromatic heterocycles. The molecule has 94 valence electrons. The van der Waals surface area contributed by atoms with Gasteiger partial charge in [-0.1, -0.05) is 11.8 Å². The van der Waals surface area contributed by atoms with E-state index in [1.54, 1.807) is 0 Å². The van der Waals surface area contributed by atoms with E-state index < -0.39 is 17.9 Å². The minimum atomic E-state index is -1.23. The standard InChI is InChI=1S/C10H9N3O4S/c14-8(6-4-18-10(17)13-6)12-5-2-1-3-11-7(5)9(15)16/h1-3,6H,4H2,(H,12,14)(H,13,17)(H,15,16). The predicted molar refractivity (Wildman–Crippen MR) is 64.6 cm³/mol. The maximum absolute atomic E-state index is 11.8. The van der Waals surface area contributed by atoms with Gasteiger partial charge in [-0.05, 0) is 12.1 Å². The second-order valence-electron chi connectivity index (χ2n) is 3.49. The van der Waals surface area contributed by atoms with Crippen molar-refractivity contribution in [1.82, 2.24) is 10.3 Å². The lowest BCUT2D eigenvalue weighted by Gasteiger charge is -2.11. The molecule has 1 atom stereocenters. The number of hydrogen-bond donors (Lipinski definition) is 3. The zero-order valence-electron chi connectivity index (χ0n) is 9.04. The lowest BCUT2D eigenvalue weighted by Crippen LogP contribution is -2.39. The molecule has 2 amide bonds. The molecule has 1 aromatic rings. The molecule has 0 aromatic carbocycles. The van der Waals surface area contributed by atoms with Crippen LogP contribution in [0.3, 0.4) is 0 Å². The van der Waals surface area contributed by atoms with Gasteiger partial charge >= 0.3 is 5.97 Å². The summed E-state index contributed by atoms with van der Waals surface area (Å²) in [5.41, 5.74) is -0.121. The maximum Gasteiger partial charge on any atom is 0.356 e. The molecule has 1 unspecified atom stereocenters. The molecule has 1 aliphatic rings. The number of rotatable bonds is 3. The number of aromatic carboxylic acids is 1. The van der Waals surface area contributed by atoms with Crippen LogP contribution in [0.1, 0.15) is 10.5 Å². The zero-order valence-corrected chi connectivity index (χ0v) is 9.86. The van der Waals surface area contributed by atoms with Gasteiger partial charge in [0.25, 0.3) is 5.24 Å². The Balaban J connectivity index is 2.12. The molecule has 2 heterocycles. The number of carbonyl (C=O) groups is 3. The molecule has 3 N–H and O–H groups in total. The number of amides is 2. The van der Waals surface area contributed by atoms with Gasteiger partial charge in [0.05, 0.1) is 5.69 Å². The second kappa shape index (κ2) is 5.05. The summed E-state index contributed by atoms with van der Waals surface area (Å²) < 4.78 is 0. The van der Waals surface area contributed by atoms with Gasteiger partial charge in [0, 0.05) is 11.9 Å². The van der Waals surface area contributed by atoms with Crippen LogP contribution < -0.4 is 10.6 Å². The van der Waals surface area contributed by atoms with Crippen LogP contribution in [-0.2, 0) is 4.79 Å². The number of hydrogen-bond acceptors (Lipinski definition) is 5. The third-order valence-corrected chi connectivity index (χ3v) is 3.14. The van der Waals surface area contributed by atoms with Crippen molar-refractivity contribution in [2.24, 2.45) is 0 Å². The molecule has 1 saturated heterocycles. The predicted octanol–water partition coefficient (Wildman–Crippen LogP) is 0.543. The highest BCUT2D eigenvalue weighted by Gasteiger charge is 2.28. The van der Waals surface area contributed by atoms with E-state index in [-0.39, 0.29) is 16.6 Å². The molecule has 0 radical (unpaired) electrons. The van der Waals surface area contributed by atoms with Crippen LogP contribution in [0.15, 0.2) is 18.3 Å². The number of pyridine rings is 1. The van der Waals surface area contributed by atoms with Crippen molar-refractivity contribution in [3.8, 4) is 0 Å². The Morgan fingerprint density at radius 2 is 2.33 bits per heavy atom. The van der Waals surface area contributed by atoms with Gasteiger partial charge in [-0.2, -0.15) is 0 Å². The van der Waals surface area contributed by atoms with Crippen molar-refractivity contribution in [2.75, 3.05) is 11.1 Å². The van der Waals surface area contributed by atoms with Crippen molar-refractivity contribution in [3.63, 3.8) is 0 Å². The first kappa shape index (κ1) is 12.4. The summed E-state index contributed by atoms with van der Waals surface area (Å²) in [6.45, 7) is 0. The van der Waals surface area contributed by atoms with Gasteiger partial charge in [0.1, 0.15) is 6.04 Å². The SMILES string of the molecule is O=C1NC(C(=O)Nc2cccnc2C(=O)O)CS1. The summed E-state index contributed by atoms with van der Waals surface area (Å²) in [6.07, 6.45) is 1.33. The third-order valence-electron chi connectivity index (χ3n) is 2.26. The minimum absolute atomic E-state index is 0.112. The minimum Gasteiger partial charge on any atom is -0.476 e. The van der Waals surface area contributed by atoms with Crippen molar-refractivity contribution >= 4 is 34.6 Å². The van der Waals surface area contributed by atoms with E-state index in [2.05, 4.69) is 15.6 Å². The second-order valence-corrected chi connectivity index (χ2v) is 4.48. The van der Waals surface area contributed by atoms with E-state index in [0.29, 0.717) is 5.75 Å². The van der Waals surface area contributed by atoms with Gasteiger partial charge in [-0.25, -0.2) is 9.78 Å². The molecule has 1 fully saturated rings. The molecular formula is C10H9N3O4S. The fourth-order valence-electron chi connectivity index (χ4n) is 1.42. The van der Waals surface area contributed by atoms with E-state index in [4.69, 9.17) is 5.11 Å². The molecule has 8 heteroatoms. The number of carboxylic acid groups (broad SMARTS) is 1. The van der Waals surface area contributed by atoms with E-state index in [0.717, 1.165) is 11.8 Å². The highest BCUT2D eigenvalue weighted by Crippen LogP contribution is 2.16. The lowest BCUT2D eigenvalue weighted by atomic mass is 10.2. The number of aromatic nitrogens is 1. The topological polar surface area (TPSA) is 108 Å². The Kier molecular flexibility index (Phi) is 3.47. The molecule has 7 nitrogen and oxygen atoms in total. The summed E-state index contributed by atoms with van der Waals surface area (Å²) >= 11 is 1.01. The average Bonchev–Trinajstić information content (AvgIpc) is 2.76. The van der Waals surface area contributed by atoms with Crippen LogP contribution in [0, 0.1) is 0 Å². The number of anilines is 1. The molecule has 0 saturated carbocycles. The molecule has 0 spiro atoms. The Morgan fingerprint density at radius 3 is 2.94 bits per heavy atom. The molecular weight excluding hydrogens is 258 g/mol. The largest absolute Gasteiger partial charge is 0.476 e. The van der Waals surface area contributed by atoms with E-state index in [9.17, 15) is 14.4 Å². The summed E-state index contributed by atoms with van der Waals surface area (Å²) in [7, 11) is 0. The molecule has 1 aliphatic heterocycles. The first-order valence-electron chi connectivity index (χ1n) is 5.00. The van der Waals surface area contributed by atoms with Crippen LogP contribution >= 0.6 is 11.8 Å². The van der Waals surface area contributed by atoms with Gasteiger partial charge in [0.15, 0.2) is 5.69 Å². The third kappa shape index (κ3) is 2.59. The fraction of sp³-hybridized carbons (Fsp3) is 0.200. The van der Waals surface area contributed by atoms with Gasteiger partial charge in [0.2, 0.25) is 5.91 Å². The quantitative estimate of drug-likeness (QED) is 0.737. The molecule has 0 bridgehead atoms. The first-order chi connectivity index (χ1) is 8.58. The van der Waals surface area contributed by atoms with Crippen LogP contribution in [0.5, 0.6) is 0 Å². The monoisotopic (exact) mass is 267 g/mol. The summed E-state index contributed by atoms with van der Waals surface area (Å²) in [4.78, 5) is 37.3. The van der Waals surface area contributed by atoms with Crippen LogP contribution in [0.4, 0.5) is 10.5 Å². The van der Waals surface area contributed by atoms with Crippen LogP contribution in [-0.4, -0.2) is 39.0 Å². The first-order valence-corrected chi connectivity index (χ1v) is 5.99. The number of nitrogens with one attached hydrogen (secondary N) is 2. The van der Waals surface area contributed by atoms with Gasteiger partial charge in [-0.3, -0.25) is 9.59 Å². The van der Waals surface area contributed by atoms with E-state index >= 15 is 0 Å². The smallest absolute Gasteiger partial charge is 0.356 e. The van der Waals surface area contributed by atoms with Crippen molar-refractivity contribution in [1.29, 1.82) is 0 Å². The van der Waals surface area contributed by atoms with Gasteiger partial charge < -0.3 is 15.7 Å². The fourth-order valence-corrected chi connectivity index (χ4v) is 2.20. The van der Waals surface area contributed by atoms with Crippen molar-refractivity contribution in [3.05, 3.63) is 24.0 Å². The van der Waals surface area contributed by atoms with Crippen molar-refractivity contribution < 1.29 is 19.5 Å². The highest BCUT2D eigenvalue weighted by atomic mass is 32.2. The number of carbonyl (C=O) groups excluding carboxylic acids is 2. The van der Waals surface area contributed by atoms with Crippen LogP contribution in [0.2, 0.25) is 0 Å². The zero-order chi connectivity index (χ0) is 13.1. The lowest BCUT2D eigenvalue weighted by molar-refractivity contribution is -0.117. The highest BCUT2D eigenvalue weighted by molar-refractivity contribution is 8.14. The van der Waals surface area contributed by atoms with E-state index in [1.165, 1.54) is 18.3 Å². The van der Waals surface area contributed by atoms with Gasteiger partial charge in [-0.15, -0.1) is 0 Å². The molecule has 0 aliphatic carbocycles. The van der Waals surface area contributed by atoms with E-state index in [1.807, 2.05) is 0 Å².